The predicted octanol–water partition coefficient (Wildman–Crippen LogP) is -2.40. The number of rotatable bonds is 6. The van der Waals surface area contributed by atoms with Crippen molar-refractivity contribution in [1.82, 2.24) is 5.32 Å². The van der Waals surface area contributed by atoms with E-state index in [-0.39, 0.29) is 17.7 Å². The molecule has 122 valence electrons. The standard InChI is InChI=1S/C16H24N2O4/c19-15(17-4-1-5-18-6-8-22-9-7-18)13-11-2-3-12(10-11)14(13)16(20)21/h2-3,11-14H,1,4-10H2,(H,17,19)(H,20,21)/t11-,12+,13+,14+/m1/s1. The number of carboxylic acid groups (broad SMARTS) is 1. The normalized spacial score (nSPS) is 34.0. The van der Waals surface area contributed by atoms with Gasteiger partial charge in [-0.25, -0.2) is 0 Å². The van der Waals surface area contributed by atoms with E-state index in [1.807, 2.05) is 12.2 Å². The molecule has 1 saturated carbocycles. The fraction of sp³-hybridized carbons (Fsp3) is 0.750. The molecule has 2 bridgehead atoms. The third-order valence-electron chi connectivity index (χ3n) is 5.24. The SMILES string of the molecule is O=C(NCCC[NH+]1CCOCC1)[C@@H]1[C@@H](C(=O)[O-])[C@H]2C=C[C@@H]1C2. The first kappa shape index (κ1) is 15.5. The molecule has 1 heterocycles. The summed E-state index contributed by atoms with van der Waals surface area (Å²) in [6.07, 6.45) is 5.60. The lowest BCUT2D eigenvalue weighted by Crippen LogP contribution is -3.14. The first-order chi connectivity index (χ1) is 10.7. The van der Waals surface area contributed by atoms with Crippen LogP contribution >= 0.6 is 0 Å². The van der Waals surface area contributed by atoms with Crippen molar-refractivity contribution < 1.29 is 24.3 Å². The fourth-order valence-corrected chi connectivity index (χ4v) is 4.08. The summed E-state index contributed by atoms with van der Waals surface area (Å²) in [6.45, 7) is 5.30. The quantitative estimate of drug-likeness (QED) is 0.423. The summed E-state index contributed by atoms with van der Waals surface area (Å²) in [7, 11) is 0. The number of ether oxygens (including phenoxy) is 1. The van der Waals surface area contributed by atoms with E-state index in [4.69, 9.17) is 4.74 Å². The van der Waals surface area contributed by atoms with Gasteiger partial charge < -0.3 is 24.9 Å². The van der Waals surface area contributed by atoms with Crippen LogP contribution in [0.3, 0.4) is 0 Å². The van der Waals surface area contributed by atoms with Gasteiger partial charge in [0.1, 0.15) is 13.1 Å². The third-order valence-corrected chi connectivity index (χ3v) is 5.24. The van der Waals surface area contributed by atoms with Gasteiger partial charge >= 0.3 is 0 Å². The van der Waals surface area contributed by atoms with Crippen LogP contribution in [0.2, 0.25) is 0 Å². The van der Waals surface area contributed by atoms with Crippen LogP contribution in [0.15, 0.2) is 12.2 Å². The van der Waals surface area contributed by atoms with E-state index in [1.165, 1.54) is 4.90 Å². The zero-order valence-electron chi connectivity index (χ0n) is 12.8. The number of fused-ring (bicyclic) bond motifs is 2. The van der Waals surface area contributed by atoms with Gasteiger partial charge in [-0.05, 0) is 18.3 Å². The van der Waals surface area contributed by atoms with Gasteiger partial charge in [0.25, 0.3) is 0 Å². The van der Waals surface area contributed by atoms with Crippen LogP contribution in [0, 0.1) is 23.7 Å². The maximum absolute atomic E-state index is 12.3. The summed E-state index contributed by atoms with van der Waals surface area (Å²) in [5.74, 6) is -2.27. The summed E-state index contributed by atoms with van der Waals surface area (Å²) in [4.78, 5) is 25.2. The van der Waals surface area contributed by atoms with Crippen molar-refractivity contribution >= 4 is 11.9 Å². The number of quaternary nitrogens is 1. The molecule has 3 aliphatic rings. The molecule has 22 heavy (non-hydrogen) atoms. The number of amides is 1. The molecule has 1 aliphatic heterocycles. The second-order valence-corrected chi connectivity index (χ2v) is 6.58. The lowest BCUT2D eigenvalue weighted by atomic mass is 9.82. The van der Waals surface area contributed by atoms with Crippen molar-refractivity contribution in [3.05, 3.63) is 12.2 Å². The van der Waals surface area contributed by atoms with Gasteiger partial charge in [-0.1, -0.05) is 12.2 Å². The number of hydrogen-bond donors (Lipinski definition) is 2. The average molecular weight is 308 g/mol. The Kier molecular flexibility index (Phi) is 4.78. The molecule has 2 aliphatic carbocycles. The van der Waals surface area contributed by atoms with Gasteiger partial charge in [0.05, 0.1) is 25.7 Å². The van der Waals surface area contributed by atoms with Crippen molar-refractivity contribution in [2.75, 3.05) is 39.4 Å². The second kappa shape index (κ2) is 6.79. The minimum Gasteiger partial charge on any atom is -0.550 e. The number of hydrogen-bond acceptors (Lipinski definition) is 4. The van der Waals surface area contributed by atoms with Gasteiger partial charge in [-0.3, -0.25) is 4.79 Å². The van der Waals surface area contributed by atoms with Gasteiger partial charge in [0.15, 0.2) is 0 Å². The third kappa shape index (κ3) is 3.17. The highest BCUT2D eigenvalue weighted by molar-refractivity contribution is 5.86. The molecule has 3 rings (SSSR count). The van der Waals surface area contributed by atoms with Crippen LogP contribution in [0.4, 0.5) is 0 Å². The Morgan fingerprint density at radius 3 is 2.55 bits per heavy atom. The Morgan fingerprint density at radius 1 is 1.18 bits per heavy atom. The van der Waals surface area contributed by atoms with Crippen molar-refractivity contribution in [2.24, 2.45) is 23.7 Å². The first-order valence-electron chi connectivity index (χ1n) is 8.25. The van der Waals surface area contributed by atoms with Gasteiger partial charge in [-0.2, -0.15) is 0 Å². The van der Waals surface area contributed by atoms with E-state index >= 15 is 0 Å². The van der Waals surface area contributed by atoms with E-state index in [1.54, 1.807) is 0 Å². The molecule has 1 amide bonds. The highest BCUT2D eigenvalue weighted by atomic mass is 16.5. The maximum Gasteiger partial charge on any atom is 0.224 e. The van der Waals surface area contributed by atoms with E-state index < -0.39 is 17.8 Å². The molecule has 2 N–H and O–H groups in total. The van der Waals surface area contributed by atoms with Crippen LogP contribution in [0.1, 0.15) is 12.8 Å². The van der Waals surface area contributed by atoms with Crippen LogP contribution in [0.5, 0.6) is 0 Å². The van der Waals surface area contributed by atoms with Crippen LogP contribution in [-0.4, -0.2) is 51.3 Å². The molecule has 0 aromatic carbocycles. The number of carboxylic acids is 1. The Morgan fingerprint density at radius 2 is 1.86 bits per heavy atom. The highest BCUT2D eigenvalue weighted by Gasteiger charge is 2.48. The van der Waals surface area contributed by atoms with Gasteiger partial charge in [0, 0.05) is 24.9 Å². The summed E-state index contributed by atoms with van der Waals surface area (Å²) < 4.78 is 5.32. The summed E-state index contributed by atoms with van der Waals surface area (Å²) in [5.41, 5.74) is 0. The minimum absolute atomic E-state index is 0.0245. The second-order valence-electron chi connectivity index (χ2n) is 6.58. The first-order valence-corrected chi connectivity index (χ1v) is 8.25. The molecule has 4 atom stereocenters. The number of nitrogens with one attached hydrogen (secondary N) is 2. The molecule has 2 fully saturated rings. The van der Waals surface area contributed by atoms with Crippen molar-refractivity contribution in [3.8, 4) is 0 Å². The highest BCUT2D eigenvalue weighted by Crippen LogP contribution is 2.47. The van der Waals surface area contributed by atoms with Crippen LogP contribution in [-0.2, 0) is 14.3 Å². The number of aliphatic carboxylic acids is 1. The average Bonchev–Trinajstić information content (AvgIpc) is 3.13. The Bertz CT molecular complexity index is 459. The molecular weight excluding hydrogens is 284 g/mol. The maximum atomic E-state index is 12.3. The Labute approximate surface area is 130 Å². The Hall–Kier alpha value is -1.40. The smallest absolute Gasteiger partial charge is 0.224 e. The van der Waals surface area contributed by atoms with Gasteiger partial charge in [0.2, 0.25) is 5.91 Å². The monoisotopic (exact) mass is 308 g/mol. The van der Waals surface area contributed by atoms with Crippen molar-refractivity contribution in [3.63, 3.8) is 0 Å². The molecule has 0 aromatic heterocycles. The molecule has 0 radical (unpaired) electrons. The molecule has 0 aromatic rings. The predicted molar refractivity (Wildman–Crippen MR) is 76.7 cm³/mol. The summed E-state index contributed by atoms with van der Waals surface area (Å²) in [6, 6.07) is 0. The zero-order chi connectivity index (χ0) is 15.5. The lowest BCUT2D eigenvalue weighted by Gasteiger charge is -2.28. The topological polar surface area (TPSA) is 82.9 Å². The number of allylic oxidation sites excluding steroid dienone is 2. The lowest BCUT2D eigenvalue weighted by molar-refractivity contribution is -0.908. The van der Waals surface area contributed by atoms with Crippen molar-refractivity contribution in [1.29, 1.82) is 0 Å². The molecule has 0 unspecified atom stereocenters. The molecule has 6 nitrogen and oxygen atoms in total. The zero-order valence-corrected chi connectivity index (χ0v) is 12.8. The Balaban J connectivity index is 1.43. The number of morpholine rings is 1. The molecule has 1 saturated heterocycles. The fourth-order valence-electron chi connectivity index (χ4n) is 4.08. The van der Waals surface area contributed by atoms with Crippen molar-refractivity contribution in [2.45, 2.75) is 12.8 Å². The van der Waals surface area contributed by atoms with E-state index in [0.29, 0.717) is 6.54 Å². The summed E-state index contributed by atoms with van der Waals surface area (Å²) in [5, 5.41) is 14.2. The minimum atomic E-state index is -1.09. The summed E-state index contributed by atoms with van der Waals surface area (Å²) >= 11 is 0. The number of carbonyl (C=O) groups is 2. The van der Waals surface area contributed by atoms with E-state index in [0.717, 1.165) is 45.7 Å². The molecular formula is C16H24N2O4. The molecule has 0 spiro atoms. The largest absolute Gasteiger partial charge is 0.550 e. The van der Waals surface area contributed by atoms with Crippen LogP contribution < -0.4 is 15.3 Å². The van der Waals surface area contributed by atoms with Crippen LogP contribution in [0.25, 0.3) is 0 Å². The van der Waals surface area contributed by atoms with Gasteiger partial charge in [-0.15, -0.1) is 0 Å². The van der Waals surface area contributed by atoms with E-state index in [9.17, 15) is 14.7 Å². The number of carbonyl (C=O) groups excluding carboxylic acids is 2. The van der Waals surface area contributed by atoms with E-state index in [2.05, 4.69) is 5.32 Å². The molecule has 6 heteroatoms.